The lowest BCUT2D eigenvalue weighted by atomic mass is 10.1. The summed E-state index contributed by atoms with van der Waals surface area (Å²) in [7, 11) is 0. The maximum absolute atomic E-state index is 11.9. The molecule has 1 aromatic heterocycles. The summed E-state index contributed by atoms with van der Waals surface area (Å²) in [6, 6.07) is 7.60. The molecule has 0 fully saturated rings. The third kappa shape index (κ3) is 3.11. The second-order valence-corrected chi connectivity index (χ2v) is 4.46. The topological polar surface area (TPSA) is 54.1 Å². The molecule has 0 spiro atoms. The molecule has 96 valence electrons. The zero-order valence-electron chi connectivity index (χ0n) is 10.7. The van der Waals surface area contributed by atoms with Crippen LogP contribution in [0.5, 0.6) is 0 Å². The number of carbonyl (C=O) groups excluding carboxylic acids is 1. The van der Waals surface area contributed by atoms with Crippen LogP contribution < -0.4 is 5.32 Å². The molecule has 0 aliphatic rings. The van der Waals surface area contributed by atoms with E-state index in [1.165, 1.54) is 0 Å². The van der Waals surface area contributed by atoms with Crippen LogP contribution in [-0.2, 0) is 4.74 Å². The van der Waals surface area contributed by atoms with Crippen LogP contribution in [0.2, 0.25) is 0 Å². The third-order valence-electron chi connectivity index (χ3n) is 2.66. The smallest absolute Gasteiger partial charge is 0.251 e. The first-order chi connectivity index (χ1) is 8.66. The number of aromatic amines is 1. The van der Waals surface area contributed by atoms with Gasteiger partial charge in [0.05, 0.1) is 12.7 Å². The van der Waals surface area contributed by atoms with Gasteiger partial charge in [-0.3, -0.25) is 4.79 Å². The van der Waals surface area contributed by atoms with Crippen molar-refractivity contribution in [2.24, 2.45) is 0 Å². The standard InChI is InChI=1S/C14H18N2O2/c1-10(2)18-8-7-16-14(17)12-4-3-11-5-6-15-13(11)9-12/h3-6,9-10,15H,7-8H2,1-2H3,(H,16,17). The molecule has 1 aromatic carbocycles. The van der Waals surface area contributed by atoms with Crippen molar-refractivity contribution in [3.8, 4) is 0 Å². The van der Waals surface area contributed by atoms with Gasteiger partial charge in [-0.05, 0) is 37.4 Å². The van der Waals surface area contributed by atoms with E-state index in [1.54, 1.807) is 0 Å². The van der Waals surface area contributed by atoms with E-state index in [-0.39, 0.29) is 12.0 Å². The van der Waals surface area contributed by atoms with Gasteiger partial charge in [0.2, 0.25) is 0 Å². The molecule has 1 amide bonds. The normalized spacial score (nSPS) is 11.1. The summed E-state index contributed by atoms with van der Waals surface area (Å²) in [6.45, 7) is 5.01. The molecule has 0 radical (unpaired) electrons. The van der Waals surface area contributed by atoms with Gasteiger partial charge >= 0.3 is 0 Å². The van der Waals surface area contributed by atoms with E-state index in [9.17, 15) is 4.79 Å². The van der Waals surface area contributed by atoms with Crippen molar-refractivity contribution >= 4 is 16.8 Å². The number of carbonyl (C=O) groups is 1. The third-order valence-corrected chi connectivity index (χ3v) is 2.66. The van der Waals surface area contributed by atoms with Crippen LogP contribution in [0.1, 0.15) is 24.2 Å². The predicted octanol–water partition coefficient (Wildman–Crippen LogP) is 2.32. The second-order valence-electron chi connectivity index (χ2n) is 4.46. The number of fused-ring (bicyclic) bond motifs is 1. The van der Waals surface area contributed by atoms with Crippen molar-refractivity contribution in [2.45, 2.75) is 20.0 Å². The Morgan fingerprint density at radius 1 is 1.39 bits per heavy atom. The molecule has 18 heavy (non-hydrogen) atoms. The Labute approximate surface area is 106 Å². The average Bonchev–Trinajstić information content (AvgIpc) is 2.81. The largest absolute Gasteiger partial charge is 0.377 e. The van der Waals surface area contributed by atoms with Gasteiger partial charge in [-0.2, -0.15) is 0 Å². The van der Waals surface area contributed by atoms with E-state index in [1.807, 2.05) is 44.3 Å². The maximum Gasteiger partial charge on any atom is 0.251 e. The Morgan fingerprint density at radius 3 is 3.00 bits per heavy atom. The van der Waals surface area contributed by atoms with Gasteiger partial charge in [0.15, 0.2) is 0 Å². The maximum atomic E-state index is 11.9. The summed E-state index contributed by atoms with van der Waals surface area (Å²) in [4.78, 5) is 15.0. The molecule has 0 aliphatic carbocycles. The van der Waals surface area contributed by atoms with Gasteiger partial charge in [0.1, 0.15) is 0 Å². The summed E-state index contributed by atoms with van der Waals surface area (Å²) in [6.07, 6.45) is 2.06. The zero-order chi connectivity index (χ0) is 13.0. The Hall–Kier alpha value is -1.81. The highest BCUT2D eigenvalue weighted by molar-refractivity contribution is 5.97. The van der Waals surface area contributed by atoms with Crippen molar-refractivity contribution in [1.29, 1.82) is 0 Å². The minimum Gasteiger partial charge on any atom is -0.377 e. The molecule has 0 saturated heterocycles. The van der Waals surface area contributed by atoms with Crippen LogP contribution in [0.15, 0.2) is 30.5 Å². The molecular formula is C14H18N2O2. The zero-order valence-corrected chi connectivity index (χ0v) is 10.7. The van der Waals surface area contributed by atoms with Crippen molar-refractivity contribution in [1.82, 2.24) is 10.3 Å². The molecule has 0 aliphatic heterocycles. The van der Waals surface area contributed by atoms with Gasteiger partial charge in [-0.15, -0.1) is 0 Å². The molecule has 0 unspecified atom stereocenters. The summed E-state index contributed by atoms with van der Waals surface area (Å²) in [5.74, 6) is -0.0705. The van der Waals surface area contributed by atoms with Crippen LogP contribution in [0.3, 0.4) is 0 Å². The fourth-order valence-electron chi connectivity index (χ4n) is 1.75. The van der Waals surface area contributed by atoms with E-state index in [0.717, 1.165) is 10.9 Å². The highest BCUT2D eigenvalue weighted by Crippen LogP contribution is 2.13. The number of hydrogen-bond donors (Lipinski definition) is 2. The number of rotatable bonds is 5. The van der Waals surface area contributed by atoms with Crippen LogP contribution in [0, 0.1) is 0 Å². The highest BCUT2D eigenvalue weighted by atomic mass is 16.5. The van der Waals surface area contributed by atoms with Crippen LogP contribution >= 0.6 is 0 Å². The van der Waals surface area contributed by atoms with Gasteiger partial charge in [0.25, 0.3) is 5.91 Å². The lowest BCUT2D eigenvalue weighted by molar-refractivity contribution is 0.0746. The van der Waals surface area contributed by atoms with Crippen LogP contribution in [0.4, 0.5) is 0 Å². The summed E-state index contributed by atoms with van der Waals surface area (Å²) in [5, 5.41) is 3.94. The summed E-state index contributed by atoms with van der Waals surface area (Å²) < 4.78 is 5.37. The lowest BCUT2D eigenvalue weighted by Gasteiger charge is -2.08. The van der Waals surface area contributed by atoms with Crippen LogP contribution in [-0.4, -0.2) is 30.1 Å². The van der Waals surface area contributed by atoms with Gasteiger partial charge < -0.3 is 15.0 Å². The Balaban J connectivity index is 1.92. The molecular weight excluding hydrogens is 228 g/mol. The average molecular weight is 246 g/mol. The van der Waals surface area contributed by atoms with Crippen molar-refractivity contribution < 1.29 is 9.53 Å². The van der Waals surface area contributed by atoms with Crippen molar-refractivity contribution in [3.05, 3.63) is 36.0 Å². The minimum atomic E-state index is -0.0705. The number of hydrogen-bond acceptors (Lipinski definition) is 2. The molecule has 0 atom stereocenters. The predicted molar refractivity (Wildman–Crippen MR) is 71.7 cm³/mol. The quantitative estimate of drug-likeness (QED) is 0.795. The van der Waals surface area contributed by atoms with Crippen molar-refractivity contribution in [2.75, 3.05) is 13.2 Å². The number of ether oxygens (including phenoxy) is 1. The molecule has 2 rings (SSSR count). The van der Waals surface area contributed by atoms with Gasteiger partial charge in [0, 0.05) is 23.8 Å². The molecule has 2 N–H and O–H groups in total. The minimum absolute atomic E-state index is 0.0705. The van der Waals surface area contributed by atoms with Gasteiger partial charge in [-0.1, -0.05) is 6.07 Å². The first kappa shape index (κ1) is 12.6. The summed E-state index contributed by atoms with van der Waals surface area (Å²) in [5.41, 5.74) is 1.63. The Bertz CT molecular complexity index is 531. The molecule has 4 nitrogen and oxygen atoms in total. The highest BCUT2D eigenvalue weighted by Gasteiger charge is 2.06. The van der Waals surface area contributed by atoms with E-state index < -0.39 is 0 Å². The number of aromatic nitrogens is 1. The number of H-pyrrole nitrogens is 1. The Kier molecular flexibility index (Phi) is 3.99. The van der Waals surface area contributed by atoms with E-state index in [2.05, 4.69) is 10.3 Å². The number of nitrogens with one attached hydrogen (secondary N) is 2. The Morgan fingerprint density at radius 2 is 2.22 bits per heavy atom. The lowest BCUT2D eigenvalue weighted by Crippen LogP contribution is -2.28. The molecule has 1 heterocycles. The molecule has 0 bridgehead atoms. The molecule has 2 aromatic rings. The fourth-order valence-corrected chi connectivity index (χ4v) is 1.75. The fraction of sp³-hybridized carbons (Fsp3) is 0.357. The monoisotopic (exact) mass is 246 g/mol. The summed E-state index contributed by atoms with van der Waals surface area (Å²) >= 11 is 0. The van der Waals surface area contributed by atoms with E-state index >= 15 is 0 Å². The molecule has 0 saturated carbocycles. The van der Waals surface area contributed by atoms with E-state index in [4.69, 9.17) is 4.74 Å². The van der Waals surface area contributed by atoms with Crippen LogP contribution in [0.25, 0.3) is 10.9 Å². The SMILES string of the molecule is CC(C)OCCNC(=O)c1ccc2cc[nH]c2c1. The molecule has 4 heteroatoms. The number of amides is 1. The first-order valence-electron chi connectivity index (χ1n) is 6.14. The number of benzene rings is 1. The second kappa shape index (κ2) is 5.69. The first-order valence-corrected chi connectivity index (χ1v) is 6.14. The van der Waals surface area contributed by atoms with Crippen molar-refractivity contribution in [3.63, 3.8) is 0 Å². The van der Waals surface area contributed by atoms with E-state index in [0.29, 0.717) is 18.7 Å². The van der Waals surface area contributed by atoms with Gasteiger partial charge in [-0.25, -0.2) is 0 Å².